The number of ether oxygens (including phenoxy) is 4. The highest BCUT2D eigenvalue weighted by molar-refractivity contribution is 7.86. The van der Waals surface area contributed by atoms with E-state index in [1.807, 2.05) is 51.1 Å². The molecule has 0 saturated heterocycles. The zero-order chi connectivity index (χ0) is 27.3. The monoisotopic (exact) mass is 546 g/mol. The molecule has 0 aliphatic rings. The number of rotatable bonds is 10. The molecule has 0 amide bonds. The molecule has 0 aliphatic heterocycles. The van der Waals surface area contributed by atoms with Gasteiger partial charge in [0.15, 0.2) is 23.0 Å². The van der Waals surface area contributed by atoms with Crippen molar-refractivity contribution in [3.8, 4) is 51.0 Å². The largest absolute Gasteiger partial charge is 0.494 e. The van der Waals surface area contributed by atoms with Gasteiger partial charge < -0.3 is 23.1 Å². The number of allylic oxidation sites excluding steroid dienone is 1. The molecule has 9 heteroatoms. The van der Waals surface area contributed by atoms with Crippen molar-refractivity contribution in [2.45, 2.75) is 20.8 Å². The van der Waals surface area contributed by atoms with Crippen LogP contribution in [0.4, 0.5) is 0 Å². The summed E-state index contributed by atoms with van der Waals surface area (Å²) in [6.45, 7) is 6.30. The normalized spacial score (nSPS) is 11.0. The van der Waals surface area contributed by atoms with Crippen LogP contribution in [0.3, 0.4) is 0 Å². The molecule has 37 heavy (non-hydrogen) atoms. The van der Waals surface area contributed by atoms with Crippen LogP contribution in [0, 0.1) is 6.92 Å². The molecule has 0 aromatic heterocycles. The summed E-state index contributed by atoms with van der Waals surface area (Å²) in [5.41, 5.74) is 4.14. The fourth-order valence-electron chi connectivity index (χ4n) is 3.75. The molecule has 0 unspecified atom stereocenters. The minimum absolute atomic E-state index is 0.0536. The van der Waals surface area contributed by atoms with Crippen molar-refractivity contribution in [1.82, 2.24) is 0 Å². The lowest BCUT2D eigenvalue weighted by Crippen LogP contribution is -2.10. The van der Waals surface area contributed by atoms with Crippen molar-refractivity contribution in [1.29, 1.82) is 0 Å². The van der Waals surface area contributed by atoms with E-state index in [2.05, 4.69) is 0 Å². The number of methoxy groups -OCH3 is 3. The van der Waals surface area contributed by atoms with Crippen LogP contribution in [0.2, 0.25) is 5.02 Å². The van der Waals surface area contributed by atoms with Crippen LogP contribution in [-0.2, 0) is 10.1 Å². The highest BCUT2D eigenvalue weighted by atomic mass is 35.5. The fraction of sp³-hybridized carbons (Fsp3) is 0.286. The molecule has 3 aromatic rings. The van der Waals surface area contributed by atoms with Crippen LogP contribution in [0.1, 0.15) is 19.4 Å². The van der Waals surface area contributed by atoms with Crippen LogP contribution in [0.5, 0.6) is 28.7 Å². The van der Waals surface area contributed by atoms with Crippen LogP contribution >= 0.6 is 11.6 Å². The summed E-state index contributed by atoms with van der Waals surface area (Å²) in [5, 5.41) is 0.238. The second-order valence-corrected chi connectivity index (χ2v) is 10.5. The second kappa shape index (κ2) is 11.8. The summed E-state index contributed by atoms with van der Waals surface area (Å²) in [7, 11) is 0.430. The molecular weight excluding hydrogens is 516 g/mol. The molecular formula is C28H31ClO7S. The van der Waals surface area contributed by atoms with Gasteiger partial charge in [0.05, 0.1) is 43.7 Å². The summed E-state index contributed by atoms with van der Waals surface area (Å²) in [4.78, 5) is 0. The number of halogens is 1. The van der Waals surface area contributed by atoms with Crippen molar-refractivity contribution in [2.75, 3.05) is 34.2 Å². The number of hydrogen-bond acceptors (Lipinski definition) is 7. The SMILES string of the molecule is COc1cc(-c2c(OC)c(Cl)c(-c3ccc(C)cc3)c(OC)c2OS(C)(=O)=O)ccc1OCC=C(C)C. The lowest BCUT2D eigenvalue weighted by molar-refractivity contribution is 0.326. The molecule has 0 N–H and O–H groups in total. The number of aryl methyl sites for hydroxylation is 1. The first kappa shape index (κ1) is 28.2. The first-order chi connectivity index (χ1) is 17.5. The summed E-state index contributed by atoms with van der Waals surface area (Å²) in [5.74, 6) is 1.27. The van der Waals surface area contributed by atoms with E-state index in [1.165, 1.54) is 21.3 Å². The van der Waals surface area contributed by atoms with Gasteiger partial charge >= 0.3 is 10.1 Å². The average molecular weight is 547 g/mol. The van der Waals surface area contributed by atoms with Gasteiger partial charge in [-0.2, -0.15) is 8.42 Å². The Morgan fingerprint density at radius 1 is 0.838 bits per heavy atom. The molecule has 198 valence electrons. The van der Waals surface area contributed by atoms with Gasteiger partial charge in [0, 0.05) is 0 Å². The van der Waals surface area contributed by atoms with E-state index in [-0.39, 0.29) is 22.3 Å². The lowest BCUT2D eigenvalue weighted by Gasteiger charge is -2.23. The highest BCUT2D eigenvalue weighted by Crippen LogP contribution is 2.56. The predicted molar refractivity (Wildman–Crippen MR) is 147 cm³/mol. The molecule has 0 atom stereocenters. The average Bonchev–Trinajstić information content (AvgIpc) is 2.84. The van der Waals surface area contributed by atoms with Crippen LogP contribution in [0.25, 0.3) is 22.3 Å². The molecule has 3 rings (SSSR count). The summed E-state index contributed by atoms with van der Waals surface area (Å²) < 4.78 is 53.1. The number of benzene rings is 3. The zero-order valence-electron chi connectivity index (χ0n) is 22.0. The topological polar surface area (TPSA) is 80.3 Å². The lowest BCUT2D eigenvalue weighted by atomic mass is 9.95. The van der Waals surface area contributed by atoms with Gasteiger partial charge in [0.25, 0.3) is 0 Å². The van der Waals surface area contributed by atoms with E-state index in [0.29, 0.717) is 40.4 Å². The van der Waals surface area contributed by atoms with Gasteiger partial charge in [-0.15, -0.1) is 0 Å². The molecule has 0 saturated carbocycles. The third-order valence-electron chi connectivity index (χ3n) is 5.47. The van der Waals surface area contributed by atoms with Gasteiger partial charge in [-0.1, -0.05) is 53.1 Å². The van der Waals surface area contributed by atoms with Gasteiger partial charge in [-0.3, -0.25) is 0 Å². The maximum Gasteiger partial charge on any atom is 0.306 e. The van der Waals surface area contributed by atoms with Crippen LogP contribution < -0.4 is 23.1 Å². The number of hydrogen-bond donors (Lipinski definition) is 0. The van der Waals surface area contributed by atoms with Gasteiger partial charge in [0.1, 0.15) is 12.4 Å². The van der Waals surface area contributed by atoms with Crippen molar-refractivity contribution in [3.05, 3.63) is 64.7 Å². The van der Waals surface area contributed by atoms with E-state index in [4.69, 9.17) is 34.7 Å². The van der Waals surface area contributed by atoms with E-state index >= 15 is 0 Å². The summed E-state index contributed by atoms with van der Waals surface area (Å²) in [6.07, 6.45) is 2.91. The molecule has 3 aromatic carbocycles. The molecule has 0 heterocycles. The maximum atomic E-state index is 12.4. The summed E-state index contributed by atoms with van der Waals surface area (Å²) in [6, 6.07) is 12.7. The quantitative estimate of drug-likeness (QED) is 0.207. The zero-order valence-corrected chi connectivity index (χ0v) is 23.5. The molecule has 0 aliphatic carbocycles. The van der Waals surface area contributed by atoms with Gasteiger partial charge in [-0.25, -0.2) is 0 Å². The molecule has 0 fully saturated rings. The van der Waals surface area contributed by atoms with E-state index < -0.39 is 10.1 Å². The molecule has 0 bridgehead atoms. The fourth-order valence-corrected chi connectivity index (χ4v) is 4.58. The Morgan fingerprint density at radius 3 is 2.00 bits per heavy atom. The van der Waals surface area contributed by atoms with Crippen molar-refractivity contribution in [2.24, 2.45) is 0 Å². The van der Waals surface area contributed by atoms with E-state index in [9.17, 15) is 8.42 Å². The minimum Gasteiger partial charge on any atom is -0.494 e. The van der Waals surface area contributed by atoms with Crippen molar-refractivity contribution >= 4 is 21.7 Å². The van der Waals surface area contributed by atoms with Gasteiger partial charge in [-0.05, 0) is 50.1 Å². The Labute approximate surface area is 223 Å². The Bertz CT molecular complexity index is 1410. The van der Waals surface area contributed by atoms with E-state index in [1.54, 1.807) is 18.2 Å². The third-order valence-corrected chi connectivity index (χ3v) is 6.30. The highest BCUT2D eigenvalue weighted by Gasteiger charge is 2.30. The van der Waals surface area contributed by atoms with Crippen LogP contribution in [-0.4, -0.2) is 42.6 Å². The minimum atomic E-state index is -3.97. The molecule has 0 spiro atoms. The maximum absolute atomic E-state index is 12.4. The Balaban J connectivity index is 2.34. The Hall–Kier alpha value is -3.36. The molecule has 7 nitrogen and oxygen atoms in total. The summed E-state index contributed by atoms with van der Waals surface area (Å²) >= 11 is 6.90. The predicted octanol–water partition coefficient (Wildman–Crippen LogP) is 6.69. The first-order valence-electron chi connectivity index (χ1n) is 11.4. The first-order valence-corrected chi connectivity index (χ1v) is 13.6. The van der Waals surface area contributed by atoms with Crippen molar-refractivity contribution < 1.29 is 31.5 Å². The van der Waals surface area contributed by atoms with Gasteiger partial charge in [0.2, 0.25) is 0 Å². The molecule has 0 radical (unpaired) electrons. The Kier molecular flexibility index (Phi) is 8.99. The smallest absolute Gasteiger partial charge is 0.306 e. The van der Waals surface area contributed by atoms with Crippen molar-refractivity contribution in [3.63, 3.8) is 0 Å². The standard InChI is InChI=1S/C28H31ClO7S/c1-17(2)14-15-35-21-13-12-20(16-22(21)32-4)24-26(33-5)25(29)23(19-10-8-18(3)9-11-19)27(34-6)28(24)36-37(7,30)31/h8-14,16H,15H2,1-7H3. The Morgan fingerprint density at radius 2 is 1.46 bits per heavy atom. The van der Waals surface area contributed by atoms with Crippen LogP contribution in [0.15, 0.2) is 54.1 Å². The third kappa shape index (κ3) is 6.50. The van der Waals surface area contributed by atoms with E-state index in [0.717, 1.165) is 17.4 Å². The second-order valence-electron chi connectivity index (χ2n) is 8.57.